The molecule has 24 heavy (non-hydrogen) atoms. The third-order valence-corrected chi connectivity index (χ3v) is 3.73. The van der Waals surface area contributed by atoms with Crippen molar-refractivity contribution in [2.75, 3.05) is 36.5 Å². The Balaban J connectivity index is 1.54. The van der Waals surface area contributed by atoms with Crippen LogP contribution in [-0.4, -0.2) is 42.3 Å². The van der Waals surface area contributed by atoms with Crippen LogP contribution in [0.4, 0.5) is 16.4 Å². The molecule has 7 nitrogen and oxygen atoms in total. The van der Waals surface area contributed by atoms with Gasteiger partial charge < -0.3 is 20.3 Å². The van der Waals surface area contributed by atoms with Gasteiger partial charge in [0.25, 0.3) is 0 Å². The predicted octanol–water partition coefficient (Wildman–Crippen LogP) is 1.94. The number of benzene rings is 1. The number of amides is 2. The largest absolute Gasteiger partial charge is 0.378 e. The summed E-state index contributed by atoms with van der Waals surface area (Å²) < 4.78 is 5.33. The molecule has 0 bridgehead atoms. The summed E-state index contributed by atoms with van der Waals surface area (Å²) in [4.78, 5) is 22.8. The first-order valence-electron chi connectivity index (χ1n) is 7.97. The Hall–Kier alpha value is -2.67. The van der Waals surface area contributed by atoms with E-state index < -0.39 is 0 Å². The average Bonchev–Trinajstić information content (AvgIpc) is 2.63. The third-order valence-electron chi connectivity index (χ3n) is 3.73. The van der Waals surface area contributed by atoms with E-state index in [0.29, 0.717) is 25.7 Å². The zero-order valence-corrected chi connectivity index (χ0v) is 13.7. The van der Waals surface area contributed by atoms with Crippen LogP contribution in [0.25, 0.3) is 0 Å². The fourth-order valence-electron chi connectivity index (χ4n) is 2.38. The van der Waals surface area contributed by atoms with Crippen LogP contribution in [0.15, 0.2) is 36.5 Å². The number of anilines is 2. The molecule has 2 heterocycles. The second kappa shape index (κ2) is 7.74. The normalized spacial score (nSPS) is 14.3. The van der Waals surface area contributed by atoms with E-state index in [1.165, 1.54) is 0 Å². The van der Waals surface area contributed by atoms with Gasteiger partial charge in [-0.15, -0.1) is 0 Å². The molecule has 2 N–H and O–H groups in total. The van der Waals surface area contributed by atoms with Crippen LogP contribution in [0.2, 0.25) is 0 Å². The minimum atomic E-state index is -0.259. The summed E-state index contributed by atoms with van der Waals surface area (Å²) >= 11 is 0. The highest BCUT2D eigenvalue weighted by Crippen LogP contribution is 2.10. The summed E-state index contributed by atoms with van der Waals surface area (Å²) in [6.45, 7) is 5.29. The number of ether oxygens (including phenoxy) is 1. The van der Waals surface area contributed by atoms with Gasteiger partial charge >= 0.3 is 6.03 Å². The number of urea groups is 1. The second-order valence-electron chi connectivity index (χ2n) is 5.62. The fourth-order valence-corrected chi connectivity index (χ4v) is 2.38. The highest BCUT2D eigenvalue weighted by molar-refractivity contribution is 5.89. The van der Waals surface area contributed by atoms with Crippen LogP contribution in [0, 0.1) is 6.92 Å². The number of carbonyl (C=O) groups is 1. The third kappa shape index (κ3) is 4.42. The molecule has 0 aliphatic carbocycles. The minimum absolute atomic E-state index is 0.259. The van der Waals surface area contributed by atoms with Gasteiger partial charge in [0.15, 0.2) is 0 Å². The van der Waals surface area contributed by atoms with E-state index in [2.05, 4.69) is 25.5 Å². The SMILES string of the molecule is Cc1ccc(NC(=O)NCc2ccnc(N3CCOCC3)n2)cc1. The van der Waals surface area contributed by atoms with Crippen molar-refractivity contribution >= 4 is 17.7 Å². The highest BCUT2D eigenvalue weighted by atomic mass is 16.5. The van der Waals surface area contributed by atoms with Crippen molar-refractivity contribution in [1.29, 1.82) is 0 Å². The summed E-state index contributed by atoms with van der Waals surface area (Å²) in [5.41, 5.74) is 2.68. The van der Waals surface area contributed by atoms with E-state index in [0.717, 1.165) is 30.0 Å². The first-order valence-corrected chi connectivity index (χ1v) is 7.97. The summed E-state index contributed by atoms with van der Waals surface area (Å²) in [5, 5.41) is 5.61. The van der Waals surface area contributed by atoms with Crippen LogP contribution in [-0.2, 0) is 11.3 Å². The van der Waals surface area contributed by atoms with Crippen LogP contribution in [0.5, 0.6) is 0 Å². The zero-order valence-electron chi connectivity index (χ0n) is 13.7. The van der Waals surface area contributed by atoms with Crippen molar-refractivity contribution in [2.45, 2.75) is 13.5 Å². The molecule has 0 radical (unpaired) electrons. The van der Waals surface area contributed by atoms with Crippen LogP contribution in [0.3, 0.4) is 0 Å². The highest BCUT2D eigenvalue weighted by Gasteiger charge is 2.14. The van der Waals surface area contributed by atoms with Crippen LogP contribution in [0.1, 0.15) is 11.3 Å². The maximum Gasteiger partial charge on any atom is 0.319 e. The number of rotatable bonds is 4. The summed E-state index contributed by atoms with van der Waals surface area (Å²) in [7, 11) is 0. The Kier molecular flexibility index (Phi) is 5.22. The molecule has 3 rings (SSSR count). The molecule has 0 unspecified atom stereocenters. The quantitative estimate of drug-likeness (QED) is 0.897. The van der Waals surface area contributed by atoms with Crippen molar-refractivity contribution in [3.05, 3.63) is 47.8 Å². The van der Waals surface area contributed by atoms with Crippen molar-refractivity contribution in [2.24, 2.45) is 0 Å². The Labute approximate surface area is 141 Å². The summed E-state index contributed by atoms with van der Waals surface area (Å²) in [5.74, 6) is 0.677. The number of hydrogen-bond acceptors (Lipinski definition) is 5. The lowest BCUT2D eigenvalue weighted by Crippen LogP contribution is -2.37. The van der Waals surface area contributed by atoms with Crippen molar-refractivity contribution < 1.29 is 9.53 Å². The molecule has 2 amide bonds. The molecule has 1 saturated heterocycles. The zero-order chi connectivity index (χ0) is 16.8. The first kappa shape index (κ1) is 16.2. The Morgan fingerprint density at radius 3 is 2.71 bits per heavy atom. The lowest BCUT2D eigenvalue weighted by molar-refractivity contribution is 0.122. The smallest absolute Gasteiger partial charge is 0.319 e. The van der Waals surface area contributed by atoms with E-state index in [4.69, 9.17) is 4.74 Å². The van der Waals surface area contributed by atoms with Gasteiger partial charge in [-0.3, -0.25) is 0 Å². The summed E-state index contributed by atoms with van der Waals surface area (Å²) in [6.07, 6.45) is 1.71. The standard InChI is InChI=1S/C17H21N5O2/c1-13-2-4-14(5-3-13)21-17(23)19-12-15-6-7-18-16(20-15)22-8-10-24-11-9-22/h2-7H,8-12H2,1H3,(H2,19,21,23). The van der Waals surface area contributed by atoms with Crippen LogP contribution < -0.4 is 15.5 Å². The number of nitrogens with one attached hydrogen (secondary N) is 2. The molecule has 0 saturated carbocycles. The fraction of sp³-hybridized carbons (Fsp3) is 0.353. The number of carbonyl (C=O) groups excluding carboxylic acids is 1. The first-order chi connectivity index (χ1) is 11.7. The van der Waals surface area contributed by atoms with Gasteiger partial charge in [-0.2, -0.15) is 0 Å². The lowest BCUT2D eigenvalue weighted by atomic mass is 10.2. The molecule has 0 atom stereocenters. The molecule has 2 aromatic rings. The van der Waals surface area contributed by atoms with E-state index in [1.807, 2.05) is 31.2 Å². The van der Waals surface area contributed by atoms with E-state index in [-0.39, 0.29) is 6.03 Å². The maximum atomic E-state index is 12.0. The van der Waals surface area contributed by atoms with Gasteiger partial charge in [-0.05, 0) is 25.1 Å². The van der Waals surface area contributed by atoms with E-state index >= 15 is 0 Å². The number of aromatic nitrogens is 2. The molecule has 1 aliphatic heterocycles. The molecule has 1 aromatic carbocycles. The molecule has 0 spiro atoms. The predicted molar refractivity (Wildman–Crippen MR) is 92.1 cm³/mol. The molecule has 1 fully saturated rings. The number of hydrogen-bond donors (Lipinski definition) is 2. The Bertz CT molecular complexity index is 684. The van der Waals surface area contributed by atoms with Gasteiger partial charge in [0.05, 0.1) is 25.5 Å². The minimum Gasteiger partial charge on any atom is -0.378 e. The molecule has 1 aliphatic rings. The van der Waals surface area contributed by atoms with Gasteiger partial charge in [0.1, 0.15) is 0 Å². The Morgan fingerprint density at radius 1 is 1.21 bits per heavy atom. The van der Waals surface area contributed by atoms with Crippen molar-refractivity contribution in [3.63, 3.8) is 0 Å². The number of aryl methyl sites for hydroxylation is 1. The van der Waals surface area contributed by atoms with Crippen molar-refractivity contribution in [1.82, 2.24) is 15.3 Å². The molecular weight excluding hydrogens is 306 g/mol. The van der Waals surface area contributed by atoms with Gasteiger partial charge in [-0.1, -0.05) is 17.7 Å². The van der Waals surface area contributed by atoms with Gasteiger partial charge in [0, 0.05) is 25.0 Å². The van der Waals surface area contributed by atoms with Crippen LogP contribution >= 0.6 is 0 Å². The number of nitrogens with zero attached hydrogens (tertiary/aromatic N) is 3. The van der Waals surface area contributed by atoms with Gasteiger partial charge in [-0.25, -0.2) is 14.8 Å². The maximum absolute atomic E-state index is 12.0. The van der Waals surface area contributed by atoms with E-state index in [1.54, 1.807) is 12.3 Å². The summed E-state index contributed by atoms with van der Waals surface area (Å²) in [6, 6.07) is 9.19. The monoisotopic (exact) mass is 327 g/mol. The number of morpholine rings is 1. The van der Waals surface area contributed by atoms with Gasteiger partial charge in [0.2, 0.25) is 5.95 Å². The molecular formula is C17H21N5O2. The molecule has 7 heteroatoms. The second-order valence-corrected chi connectivity index (χ2v) is 5.62. The molecule has 126 valence electrons. The average molecular weight is 327 g/mol. The van der Waals surface area contributed by atoms with E-state index in [9.17, 15) is 4.79 Å². The lowest BCUT2D eigenvalue weighted by Gasteiger charge is -2.26. The molecule has 1 aromatic heterocycles. The Morgan fingerprint density at radius 2 is 1.96 bits per heavy atom. The topological polar surface area (TPSA) is 79.4 Å². The van der Waals surface area contributed by atoms with Crippen molar-refractivity contribution in [3.8, 4) is 0 Å².